The molecule has 108 valence electrons. The van der Waals surface area contributed by atoms with E-state index >= 15 is 0 Å². The molecular weight excluding hydrogens is 348 g/mol. The lowest BCUT2D eigenvalue weighted by atomic mass is 10.2. The van der Waals surface area contributed by atoms with E-state index in [0.717, 1.165) is 14.2 Å². The number of rotatable bonds is 5. The van der Waals surface area contributed by atoms with Crippen LogP contribution in [0.15, 0.2) is 37.5 Å². The molecule has 0 aliphatic rings. The van der Waals surface area contributed by atoms with E-state index in [0.29, 0.717) is 22.5 Å². The molecule has 2 aromatic heterocycles. The molecule has 0 atom stereocenters. The smallest absolute Gasteiger partial charge is 0.257 e. The second-order valence-corrected chi connectivity index (χ2v) is 7.54. The van der Waals surface area contributed by atoms with E-state index < -0.39 is 0 Å². The van der Waals surface area contributed by atoms with Crippen molar-refractivity contribution < 1.29 is 4.52 Å². The highest BCUT2D eigenvalue weighted by Gasteiger charge is 2.11. The maximum absolute atomic E-state index is 5.85. The minimum atomic E-state index is 0.490. The van der Waals surface area contributed by atoms with E-state index in [9.17, 15) is 0 Å². The highest BCUT2D eigenvalue weighted by molar-refractivity contribution is 8.02. The SMILES string of the molecule is CSc1nnc(SCc2noc(-c3ccc(Cl)cc3)n2)s1. The predicted octanol–water partition coefficient (Wildman–Crippen LogP) is 4.26. The quantitative estimate of drug-likeness (QED) is 0.633. The summed E-state index contributed by atoms with van der Waals surface area (Å²) < 4.78 is 7.10. The molecule has 1 aromatic carbocycles. The topological polar surface area (TPSA) is 64.7 Å². The molecule has 0 saturated heterocycles. The summed E-state index contributed by atoms with van der Waals surface area (Å²) >= 11 is 10.5. The van der Waals surface area contributed by atoms with Gasteiger partial charge in [0.15, 0.2) is 14.5 Å². The second-order valence-electron chi connectivity index (χ2n) is 3.85. The summed E-state index contributed by atoms with van der Waals surface area (Å²) in [5, 5.41) is 12.8. The molecule has 0 radical (unpaired) electrons. The summed E-state index contributed by atoms with van der Waals surface area (Å²) in [7, 11) is 0. The van der Waals surface area contributed by atoms with Gasteiger partial charge in [-0.1, -0.05) is 51.6 Å². The molecular formula is C12H9ClN4OS3. The molecule has 3 aromatic rings. The summed E-state index contributed by atoms with van der Waals surface area (Å²) in [4.78, 5) is 4.36. The zero-order valence-corrected chi connectivity index (χ0v) is 14.0. The van der Waals surface area contributed by atoms with E-state index in [1.807, 2.05) is 18.4 Å². The third-order valence-electron chi connectivity index (χ3n) is 2.45. The van der Waals surface area contributed by atoms with Gasteiger partial charge in [-0.3, -0.25) is 0 Å². The third-order valence-corrected chi connectivity index (χ3v) is 5.73. The number of hydrogen-bond donors (Lipinski definition) is 0. The molecule has 2 heterocycles. The Kier molecular flexibility index (Phi) is 4.79. The van der Waals surface area contributed by atoms with Crippen molar-refractivity contribution in [1.82, 2.24) is 20.3 Å². The van der Waals surface area contributed by atoms with Crippen LogP contribution in [-0.4, -0.2) is 26.6 Å². The first-order valence-corrected chi connectivity index (χ1v) is 9.24. The van der Waals surface area contributed by atoms with Crippen LogP contribution in [-0.2, 0) is 5.75 Å². The number of thioether (sulfide) groups is 2. The maximum Gasteiger partial charge on any atom is 0.257 e. The van der Waals surface area contributed by atoms with Crippen LogP contribution in [0.1, 0.15) is 5.82 Å². The molecule has 0 N–H and O–H groups in total. The van der Waals surface area contributed by atoms with Crippen LogP contribution in [0.25, 0.3) is 11.5 Å². The molecule has 0 aliphatic heterocycles. The number of hydrogen-bond acceptors (Lipinski definition) is 8. The Bertz CT molecular complexity index is 728. The van der Waals surface area contributed by atoms with E-state index in [4.69, 9.17) is 16.1 Å². The first kappa shape index (κ1) is 14.8. The van der Waals surface area contributed by atoms with Gasteiger partial charge in [-0.05, 0) is 30.5 Å². The van der Waals surface area contributed by atoms with Gasteiger partial charge in [-0.25, -0.2) is 0 Å². The van der Waals surface area contributed by atoms with Crippen LogP contribution in [0.5, 0.6) is 0 Å². The molecule has 3 rings (SSSR count). The minimum Gasteiger partial charge on any atom is -0.334 e. The Morgan fingerprint density at radius 1 is 1.19 bits per heavy atom. The van der Waals surface area contributed by atoms with Crippen LogP contribution in [0, 0.1) is 0 Å². The van der Waals surface area contributed by atoms with Crippen molar-refractivity contribution in [1.29, 1.82) is 0 Å². The van der Waals surface area contributed by atoms with Gasteiger partial charge in [-0.2, -0.15) is 4.98 Å². The van der Waals surface area contributed by atoms with E-state index in [2.05, 4.69) is 20.3 Å². The Labute approximate surface area is 138 Å². The average Bonchev–Trinajstić information content (AvgIpc) is 3.15. The molecule has 5 nitrogen and oxygen atoms in total. The lowest BCUT2D eigenvalue weighted by Crippen LogP contribution is -1.84. The Morgan fingerprint density at radius 3 is 2.67 bits per heavy atom. The summed E-state index contributed by atoms with van der Waals surface area (Å²) in [6.07, 6.45) is 1.98. The number of aromatic nitrogens is 4. The van der Waals surface area contributed by atoms with Crippen LogP contribution in [0.3, 0.4) is 0 Å². The predicted molar refractivity (Wildman–Crippen MR) is 86.0 cm³/mol. The van der Waals surface area contributed by atoms with Crippen LogP contribution < -0.4 is 0 Å². The normalized spacial score (nSPS) is 11.0. The Morgan fingerprint density at radius 2 is 1.95 bits per heavy atom. The zero-order chi connectivity index (χ0) is 14.7. The van der Waals surface area contributed by atoms with Gasteiger partial charge in [0.05, 0.1) is 5.75 Å². The molecule has 0 spiro atoms. The molecule has 0 saturated carbocycles. The second kappa shape index (κ2) is 6.78. The van der Waals surface area contributed by atoms with Gasteiger partial charge in [0.1, 0.15) is 0 Å². The van der Waals surface area contributed by atoms with Gasteiger partial charge < -0.3 is 4.52 Å². The molecule has 0 bridgehead atoms. The van der Waals surface area contributed by atoms with E-state index in [-0.39, 0.29) is 0 Å². The van der Waals surface area contributed by atoms with Crippen molar-refractivity contribution in [3.8, 4) is 11.5 Å². The fraction of sp³-hybridized carbons (Fsp3) is 0.167. The number of halogens is 1. The van der Waals surface area contributed by atoms with E-state index in [1.54, 1.807) is 47.0 Å². The highest BCUT2D eigenvalue weighted by Crippen LogP contribution is 2.29. The van der Waals surface area contributed by atoms with Crippen LogP contribution in [0.4, 0.5) is 0 Å². The lowest BCUT2D eigenvalue weighted by Gasteiger charge is -1.93. The minimum absolute atomic E-state index is 0.490. The number of benzene rings is 1. The molecule has 0 unspecified atom stereocenters. The monoisotopic (exact) mass is 356 g/mol. The number of nitrogens with zero attached hydrogens (tertiary/aromatic N) is 4. The van der Waals surface area contributed by atoms with Gasteiger partial charge in [0, 0.05) is 10.6 Å². The van der Waals surface area contributed by atoms with Gasteiger partial charge in [-0.15, -0.1) is 10.2 Å². The van der Waals surface area contributed by atoms with Crippen molar-refractivity contribution in [2.24, 2.45) is 0 Å². The van der Waals surface area contributed by atoms with Crippen molar-refractivity contribution in [3.05, 3.63) is 35.1 Å². The molecule has 21 heavy (non-hydrogen) atoms. The standard InChI is InChI=1S/C12H9ClN4OS3/c1-19-11-15-16-12(21-11)20-6-9-14-10(18-17-9)7-2-4-8(13)5-3-7/h2-5H,6H2,1H3. The third kappa shape index (κ3) is 3.76. The van der Waals surface area contributed by atoms with Gasteiger partial charge in [0.2, 0.25) is 0 Å². The Hall–Kier alpha value is -1.09. The molecule has 0 amide bonds. The summed E-state index contributed by atoms with van der Waals surface area (Å²) in [5.74, 6) is 1.72. The lowest BCUT2D eigenvalue weighted by molar-refractivity contribution is 0.425. The summed E-state index contributed by atoms with van der Waals surface area (Å²) in [5.41, 5.74) is 0.851. The van der Waals surface area contributed by atoms with E-state index in [1.165, 1.54) is 0 Å². The maximum atomic E-state index is 5.85. The van der Waals surface area contributed by atoms with Gasteiger partial charge >= 0.3 is 0 Å². The van der Waals surface area contributed by atoms with Gasteiger partial charge in [0.25, 0.3) is 5.89 Å². The van der Waals surface area contributed by atoms with Crippen molar-refractivity contribution in [2.75, 3.05) is 6.26 Å². The first-order valence-electron chi connectivity index (χ1n) is 5.83. The zero-order valence-electron chi connectivity index (χ0n) is 10.8. The van der Waals surface area contributed by atoms with Crippen LogP contribution in [0.2, 0.25) is 5.02 Å². The summed E-state index contributed by atoms with van der Waals surface area (Å²) in [6, 6.07) is 7.28. The first-order chi connectivity index (χ1) is 10.2. The van der Waals surface area contributed by atoms with Crippen molar-refractivity contribution >= 4 is 46.5 Å². The largest absolute Gasteiger partial charge is 0.334 e. The summed E-state index contributed by atoms with van der Waals surface area (Å²) in [6.45, 7) is 0. The fourth-order valence-electron chi connectivity index (χ4n) is 1.49. The fourth-order valence-corrected chi connectivity index (χ4v) is 3.89. The average molecular weight is 357 g/mol. The van der Waals surface area contributed by atoms with Crippen LogP contribution >= 0.6 is 46.5 Å². The molecule has 9 heteroatoms. The molecule has 0 fully saturated rings. The molecule has 0 aliphatic carbocycles. The van der Waals surface area contributed by atoms with Crippen molar-refractivity contribution in [2.45, 2.75) is 14.4 Å². The Balaban J connectivity index is 1.66. The van der Waals surface area contributed by atoms with Crippen molar-refractivity contribution in [3.63, 3.8) is 0 Å². The highest BCUT2D eigenvalue weighted by atomic mass is 35.5.